The zero-order valence-corrected chi connectivity index (χ0v) is 11.8. The topological polar surface area (TPSA) is 92.0 Å². The van der Waals surface area contributed by atoms with Crippen LogP contribution in [0.15, 0.2) is 5.16 Å². The summed E-state index contributed by atoms with van der Waals surface area (Å²) in [6.45, 7) is 2.44. The fourth-order valence-corrected chi connectivity index (χ4v) is 2.08. The summed E-state index contributed by atoms with van der Waals surface area (Å²) in [7, 11) is 3.95. The molecular formula is C12H25N5O2. The second-order valence-corrected chi connectivity index (χ2v) is 4.83. The van der Waals surface area contributed by atoms with Crippen molar-refractivity contribution in [3.63, 3.8) is 0 Å². The SMILES string of the molecule is CNCC/C(CC(=O)NN)=N\OCC1CCCN1C. The molecular weight excluding hydrogens is 246 g/mol. The van der Waals surface area contributed by atoms with E-state index in [9.17, 15) is 4.79 Å². The van der Waals surface area contributed by atoms with Crippen molar-refractivity contribution in [2.45, 2.75) is 31.7 Å². The first-order valence-corrected chi connectivity index (χ1v) is 6.69. The van der Waals surface area contributed by atoms with Crippen molar-refractivity contribution < 1.29 is 9.63 Å². The molecule has 1 unspecified atom stereocenters. The van der Waals surface area contributed by atoms with Crippen LogP contribution >= 0.6 is 0 Å². The molecule has 0 spiro atoms. The number of nitrogens with zero attached hydrogens (tertiary/aromatic N) is 2. The van der Waals surface area contributed by atoms with Crippen LogP contribution in [-0.2, 0) is 9.63 Å². The van der Waals surface area contributed by atoms with Gasteiger partial charge in [0.05, 0.1) is 12.1 Å². The maximum atomic E-state index is 11.3. The lowest BCUT2D eigenvalue weighted by atomic mass is 10.2. The molecule has 0 bridgehead atoms. The Bertz CT molecular complexity index is 308. The van der Waals surface area contributed by atoms with Crippen LogP contribution in [0, 0.1) is 0 Å². The fraction of sp³-hybridized carbons (Fsp3) is 0.833. The van der Waals surface area contributed by atoms with Gasteiger partial charge in [0.15, 0.2) is 0 Å². The highest BCUT2D eigenvalue weighted by Gasteiger charge is 2.21. The number of carbonyl (C=O) groups excluding carboxylic acids is 1. The maximum Gasteiger partial charge on any atom is 0.239 e. The third-order valence-electron chi connectivity index (χ3n) is 3.32. The number of hydrogen-bond acceptors (Lipinski definition) is 6. The fourth-order valence-electron chi connectivity index (χ4n) is 2.08. The van der Waals surface area contributed by atoms with Crippen LogP contribution in [0.4, 0.5) is 0 Å². The van der Waals surface area contributed by atoms with E-state index in [2.05, 4.69) is 27.8 Å². The molecule has 7 nitrogen and oxygen atoms in total. The number of hydrazine groups is 1. The summed E-state index contributed by atoms with van der Waals surface area (Å²) >= 11 is 0. The zero-order valence-electron chi connectivity index (χ0n) is 11.8. The largest absolute Gasteiger partial charge is 0.394 e. The Morgan fingerprint density at radius 1 is 1.58 bits per heavy atom. The van der Waals surface area contributed by atoms with Gasteiger partial charge in [0, 0.05) is 19.0 Å². The van der Waals surface area contributed by atoms with E-state index in [0.717, 1.165) is 19.5 Å². The molecule has 4 N–H and O–H groups in total. The van der Waals surface area contributed by atoms with E-state index >= 15 is 0 Å². The summed E-state index contributed by atoms with van der Waals surface area (Å²) < 4.78 is 0. The Kier molecular flexibility index (Phi) is 7.39. The Morgan fingerprint density at radius 2 is 2.37 bits per heavy atom. The lowest BCUT2D eigenvalue weighted by Crippen LogP contribution is -2.32. The average Bonchev–Trinajstić information content (AvgIpc) is 2.81. The molecule has 0 saturated carbocycles. The molecule has 110 valence electrons. The van der Waals surface area contributed by atoms with Crippen LogP contribution in [0.25, 0.3) is 0 Å². The Morgan fingerprint density at radius 3 is 2.95 bits per heavy atom. The third-order valence-corrected chi connectivity index (χ3v) is 3.32. The van der Waals surface area contributed by atoms with Crippen molar-refractivity contribution in [3.05, 3.63) is 0 Å². The number of likely N-dealkylation sites (tertiary alicyclic amines) is 1. The van der Waals surface area contributed by atoms with Gasteiger partial charge in [-0.2, -0.15) is 0 Å². The summed E-state index contributed by atoms with van der Waals surface area (Å²) in [4.78, 5) is 18.9. The highest BCUT2D eigenvalue weighted by molar-refractivity contribution is 6.00. The van der Waals surface area contributed by atoms with Crippen LogP contribution in [-0.4, -0.2) is 56.4 Å². The van der Waals surface area contributed by atoms with E-state index in [1.807, 2.05) is 7.05 Å². The van der Waals surface area contributed by atoms with Crippen LogP contribution in [0.3, 0.4) is 0 Å². The smallest absolute Gasteiger partial charge is 0.239 e. The quantitative estimate of drug-likeness (QED) is 0.238. The predicted octanol–water partition coefficient (Wildman–Crippen LogP) is -0.557. The van der Waals surface area contributed by atoms with Crippen LogP contribution < -0.4 is 16.6 Å². The second kappa shape index (κ2) is 8.84. The first-order valence-electron chi connectivity index (χ1n) is 6.69. The van der Waals surface area contributed by atoms with Gasteiger partial charge in [-0.05, 0) is 33.5 Å². The van der Waals surface area contributed by atoms with Gasteiger partial charge < -0.3 is 10.2 Å². The third kappa shape index (κ3) is 6.00. The van der Waals surface area contributed by atoms with Crippen molar-refractivity contribution >= 4 is 11.6 Å². The summed E-state index contributed by atoms with van der Waals surface area (Å²) in [5.41, 5.74) is 2.81. The minimum atomic E-state index is -0.253. The van der Waals surface area contributed by atoms with Gasteiger partial charge in [-0.15, -0.1) is 0 Å². The molecule has 19 heavy (non-hydrogen) atoms. The number of oxime groups is 1. The summed E-state index contributed by atoms with van der Waals surface area (Å²) in [6.07, 6.45) is 3.20. The minimum absolute atomic E-state index is 0.179. The van der Waals surface area contributed by atoms with E-state index in [4.69, 9.17) is 10.7 Å². The lowest BCUT2D eigenvalue weighted by Gasteiger charge is -2.17. The van der Waals surface area contributed by atoms with Crippen molar-refractivity contribution in [3.8, 4) is 0 Å². The second-order valence-electron chi connectivity index (χ2n) is 4.83. The van der Waals surface area contributed by atoms with Gasteiger partial charge in [-0.25, -0.2) is 5.84 Å². The molecule has 0 aromatic rings. The molecule has 1 fully saturated rings. The first kappa shape index (κ1) is 15.9. The molecule has 0 aliphatic carbocycles. The van der Waals surface area contributed by atoms with Gasteiger partial charge in [0.25, 0.3) is 0 Å². The molecule has 1 rings (SSSR count). The van der Waals surface area contributed by atoms with E-state index in [0.29, 0.717) is 24.8 Å². The van der Waals surface area contributed by atoms with E-state index < -0.39 is 0 Å². The highest BCUT2D eigenvalue weighted by atomic mass is 16.6. The summed E-state index contributed by atoms with van der Waals surface area (Å²) in [5.74, 6) is 4.82. The normalized spacial score (nSPS) is 20.6. The summed E-state index contributed by atoms with van der Waals surface area (Å²) in [6, 6.07) is 0.428. The molecule has 1 amide bonds. The van der Waals surface area contributed by atoms with Crippen molar-refractivity contribution in [1.29, 1.82) is 0 Å². The lowest BCUT2D eigenvalue weighted by molar-refractivity contribution is -0.120. The number of nitrogens with one attached hydrogen (secondary N) is 2. The minimum Gasteiger partial charge on any atom is -0.394 e. The van der Waals surface area contributed by atoms with Crippen molar-refractivity contribution in [2.75, 3.05) is 33.8 Å². The molecule has 0 aromatic heterocycles. The molecule has 0 aromatic carbocycles. The van der Waals surface area contributed by atoms with Gasteiger partial charge in [0.1, 0.15) is 6.61 Å². The van der Waals surface area contributed by atoms with Crippen molar-refractivity contribution in [2.24, 2.45) is 11.0 Å². The number of hydrogen-bond donors (Lipinski definition) is 3. The first-order chi connectivity index (χ1) is 9.17. The number of nitrogens with two attached hydrogens (primary N) is 1. The number of rotatable bonds is 8. The Balaban J connectivity index is 2.39. The van der Waals surface area contributed by atoms with E-state index in [-0.39, 0.29) is 12.3 Å². The van der Waals surface area contributed by atoms with Gasteiger partial charge in [0.2, 0.25) is 5.91 Å². The molecule has 1 saturated heterocycles. The van der Waals surface area contributed by atoms with Crippen LogP contribution in [0.2, 0.25) is 0 Å². The van der Waals surface area contributed by atoms with E-state index in [1.54, 1.807) is 0 Å². The standard InChI is InChI=1S/C12H25N5O2/c1-14-6-5-10(8-12(18)15-13)16-19-9-11-4-3-7-17(11)2/h11,14H,3-9,13H2,1-2H3,(H,15,18)/b16-10+. The van der Waals surface area contributed by atoms with Gasteiger partial charge >= 0.3 is 0 Å². The summed E-state index contributed by atoms with van der Waals surface area (Å²) in [5, 5.41) is 7.10. The number of likely N-dealkylation sites (N-methyl/N-ethyl adjacent to an activating group) is 1. The molecule has 1 atom stereocenters. The molecule has 1 heterocycles. The Labute approximate surface area is 114 Å². The van der Waals surface area contributed by atoms with Crippen LogP contribution in [0.5, 0.6) is 0 Å². The average molecular weight is 271 g/mol. The van der Waals surface area contributed by atoms with Crippen LogP contribution in [0.1, 0.15) is 25.7 Å². The number of carbonyl (C=O) groups is 1. The molecule has 0 radical (unpaired) electrons. The molecule has 1 aliphatic rings. The molecule has 1 aliphatic heterocycles. The Hall–Kier alpha value is -1.18. The number of amides is 1. The van der Waals surface area contributed by atoms with Gasteiger partial charge in [-0.3, -0.25) is 15.1 Å². The predicted molar refractivity (Wildman–Crippen MR) is 74.5 cm³/mol. The maximum absolute atomic E-state index is 11.3. The van der Waals surface area contributed by atoms with Crippen molar-refractivity contribution in [1.82, 2.24) is 15.6 Å². The monoisotopic (exact) mass is 271 g/mol. The van der Waals surface area contributed by atoms with Gasteiger partial charge in [-0.1, -0.05) is 5.16 Å². The molecule has 7 heteroatoms. The van der Waals surface area contributed by atoms with E-state index in [1.165, 1.54) is 6.42 Å². The zero-order chi connectivity index (χ0) is 14.1. The highest BCUT2D eigenvalue weighted by Crippen LogP contribution is 2.14.